The highest BCUT2D eigenvalue weighted by molar-refractivity contribution is 7.15. The van der Waals surface area contributed by atoms with Crippen molar-refractivity contribution in [1.29, 1.82) is 0 Å². The lowest BCUT2D eigenvalue weighted by Gasteiger charge is -2.32. The van der Waals surface area contributed by atoms with Gasteiger partial charge in [0.2, 0.25) is 0 Å². The summed E-state index contributed by atoms with van der Waals surface area (Å²) in [6.07, 6.45) is 1.12. The van der Waals surface area contributed by atoms with Crippen molar-refractivity contribution >= 4 is 23.4 Å². The summed E-state index contributed by atoms with van der Waals surface area (Å²) < 4.78 is 11.3. The van der Waals surface area contributed by atoms with E-state index in [0.717, 1.165) is 29.2 Å². The molecule has 1 fully saturated rings. The standard InChI is InChI=1S/C26H28N2O5S/c1-26(2,3)33-25(31)28-15-13-18(14-16-28)23-27-21(24(29)30)22(34-23)17-9-11-20(12-10-17)32-19-7-5-4-6-8-19/h4-12,18H,13-16H2,1-3H3,(H,29,30). The van der Waals surface area contributed by atoms with Gasteiger partial charge in [0, 0.05) is 19.0 Å². The molecule has 8 heteroatoms. The Morgan fingerprint density at radius 3 is 2.21 bits per heavy atom. The summed E-state index contributed by atoms with van der Waals surface area (Å²) in [5, 5.41) is 10.6. The molecule has 0 atom stereocenters. The first-order chi connectivity index (χ1) is 16.2. The Bertz CT molecular complexity index is 1140. The first-order valence-electron chi connectivity index (χ1n) is 11.2. The Morgan fingerprint density at radius 1 is 1.00 bits per heavy atom. The number of piperidine rings is 1. The second-order valence-electron chi connectivity index (χ2n) is 9.22. The normalized spacial score (nSPS) is 14.6. The number of nitrogens with zero attached hydrogens (tertiary/aromatic N) is 2. The summed E-state index contributed by atoms with van der Waals surface area (Å²) in [5.74, 6) is 0.467. The second-order valence-corrected chi connectivity index (χ2v) is 10.2. The van der Waals surface area contributed by atoms with Crippen LogP contribution >= 0.6 is 11.3 Å². The molecular formula is C26H28N2O5S. The lowest BCUT2D eigenvalue weighted by Crippen LogP contribution is -2.41. The number of carboxylic acids is 1. The van der Waals surface area contributed by atoms with Crippen LogP contribution in [0.2, 0.25) is 0 Å². The summed E-state index contributed by atoms with van der Waals surface area (Å²) in [7, 11) is 0. The molecule has 178 valence electrons. The van der Waals surface area contributed by atoms with Gasteiger partial charge in [0.1, 0.15) is 17.1 Å². The van der Waals surface area contributed by atoms with Gasteiger partial charge in [0.05, 0.1) is 9.88 Å². The number of amides is 1. The zero-order valence-electron chi connectivity index (χ0n) is 19.5. The Kier molecular flexibility index (Phi) is 6.88. The number of hydrogen-bond donors (Lipinski definition) is 1. The Morgan fingerprint density at radius 2 is 1.62 bits per heavy atom. The number of likely N-dealkylation sites (tertiary alicyclic amines) is 1. The highest BCUT2D eigenvalue weighted by Crippen LogP contribution is 2.38. The van der Waals surface area contributed by atoms with E-state index >= 15 is 0 Å². The number of thiazole rings is 1. The highest BCUT2D eigenvalue weighted by atomic mass is 32.1. The number of rotatable bonds is 5. The molecule has 1 saturated heterocycles. The molecule has 0 unspecified atom stereocenters. The molecule has 4 rings (SSSR count). The molecule has 1 aliphatic heterocycles. The third kappa shape index (κ3) is 5.75. The summed E-state index contributed by atoms with van der Waals surface area (Å²) in [6.45, 7) is 6.67. The number of benzene rings is 2. The van der Waals surface area contributed by atoms with Gasteiger partial charge >= 0.3 is 12.1 Å². The van der Waals surface area contributed by atoms with E-state index in [0.29, 0.717) is 23.7 Å². The van der Waals surface area contributed by atoms with Crippen LogP contribution in [-0.2, 0) is 4.74 Å². The van der Waals surface area contributed by atoms with Crippen molar-refractivity contribution in [3.63, 3.8) is 0 Å². The van der Waals surface area contributed by atoms with Crippen LogP contribution in [0.4, 0.5) is 4.79 Å². The number of carboxylic acid groups (broad SMARTS) is 1. The predicted octanol–water partition coefficient (Wildman–Crippen LogP) is 6.42. The summed E-state index contributed by atoms with van der Waals surface area (Å²) in [5.41, 5.74) is 0.315. The fraction of sp³-hybridized carbons (Fsp3) is 0.346. The Balaban J connectivity index is 1.47. The fourth-order valence-electron chi connectivity index (χ4n) is 3.79. The summed E-state index contributed by atoms with van der Waals surface area (Å²) >= 11 is 1.41. The largest absolute Gasteiger partial charge is 0.476 e. The molecule has 2 heterocycles. The van der Waals surface area contributed by atoms with E-state index < -0.39 is 11.6 Å². The van der Waals surface area contributed by atoms with E-state index in [-0.39, 0.29) is 17.7 Å². The number of hydrogen-bond acceptors (Lipinski definition) is 6. The summed E-state index contributed by atoms with van der Waals surface area (Å²) in [6, 6.07) is 16.8. The van der Waals surface area contributed by atoms with Gasteiger partial charge in [-0.05, 0) is 75.6 Å². The van der Waals surface area contributed by atoms with Gasteiger partial charge in [-0.3, -0.25) is 0 Å². The van der Waals surface area contributed by atoms with Crippen LogP contribution < -0.4 is 4.74 Å². The van der Waals surface area contributed by atoms with Gasteiger partial charge in [-0.25, -0.2) is 14.6 Å². The fourth-order valence-corrected chi connectivity index (χ4v) is 5.02. The molecule has 2 aromatic carbocycles. The van der Waals surface area contributed by atoms with Gasteiger partial charge in [0.25, 0.3) is 0 Å². The smallest absolute Gasteiger partial charge is 0.410 e. The van der Waals surface area contributed by atoms with Crippen LogP contribution in [-0.4, -0.2) is 45.7 Å². The highest BCUT2D eigenvalue weighted by Gasteiger charge is 2.30. The maximum absolute atomic E-state index is 12.3. The molecule has 0 saturated carbocycles. The maximum atomic E-state index is 12.3. The zero-order chi connectivity index (χ0) is 24.3. The minimum atomic E-state index is -1.05. The van der Waals surface area contributed by atoms with Crippen molar-refractivity contribution in [2.75, 3.05) is 13.1 Å². The van der Waals surface area contributed by atoms with Gasteiger partial charge in [-0.1, -0.05) is 18.2 Å². The van der Waals surface area contributed by atoms with Crippen LogP contribution in [0.15, 0.2) is 54.6 Å². The number of carbonyl (C=O) groups is 2. The molecule has 0 aliphatic carbocycles. The van der Waals surface area contributed by atoms with Crippen LogP contribution in [0.5, 0.6) is 11.5 Å². The first kappa shape index (κ1) is 23.8. The average molecular weight is 481 g/mol. The van der Waals surface area contributed by atoms with E-state index in [4.69, 9.17) is 9.47 Å². The molecule has 1 aromatic heterocycles. The lowest BCUT2D eigenvalue weighted by atomic mass is 9.98. The average Bonchev–Trinajstić information content (AvgIpc) is 3.25. The first-order valence-corrected chi connectivity index (χ1v) is 12.1. The van der Waals surface area contributed by atoms with Gasteiger partial charge < -0.3 is 19.5 Å². The number of carbonyl (C=O) groups excluding carboxylic acids is 1. The van der Waals surface area contributed by atoms with E-state index in [2.05, 4.69) is 4.98 Å². The quantitative estimate of drug-likeness (QED) is 0.454. The molecule has 7 nitrogen and oxygen atoms in total. The summed E-state index contributed by atoms with van der Waals surface area (Å²) in [4.78, 5) is 31.1. The molecule has 0 radical (unpaired) electrons. The minimum absolute atomic E-state index is 0.0614. The Labute approximate surface area is 203 Å². The molecule has 1 aliphatic rings. The Hall–Kier alpha value is -3.39. The SMILES string of the molecule is CC(C)(C)OC(=O)N1CCC(c2nc(C(=O)O)c(-c3ccc(Oc4ccccc4)cc3)s2)CC1. The zero-order valence-corrected chi connectivity index (χ0v) is 20.3. The van der Waals surface area contributed by atoms with Crippen LogP contribution in [0, 0.1) is 0 Å². The predicted molar refractivity (Wildman–Crippen MR) is 131 cm³/mol. The maximum Gasteiger partial charge on any atom is 0.410 e. The molecular weight excluding hydrogens is 452 g/mol. The van der Waals surface area contributed by atoms with Crippen LogP contribution in [0.1, 0.15) is 55.0 Å². The van der Waals surface area contributed by atoms with Crippen molar-refractivity contribution < 1.29 is 24.2 Å². The van der Waals surface area contributed by atoms with Crippen molar-refractivity contribution in [3.8, 4) is 21.9 Å². The van der Waals surface area contributed by atoms with Crippen molar-refractivity contribution in [1.82, 2.24) is 9.88 Å². The van der Waals surface area contributed by atoms with Crippen LogP contribution in [0.25, 0.3) is 10.4 Å². The van der Waals surface area contributed by atoms with Crippen molar-refractivity contribution in [3.05, 3.63) is 65.3 Å². The number of ether oxygens (including phenoxy) is 2. The lowest BCUT2D eigenvalue weighted by molar-refractivity contribution is 0.0204. The topological polar surface area (TPSA) is 89.0 Å². The molecule has 34 heavy (non-hydrogen) atoms. The molecule has 0 bridgehead atoms. The van der Waals surface area contributed by atoms with E-state index in [1.54, 1.807) is 4.90 Å². The van der Waals surface area contributed by atoms with Gasteiger partial charge in [-0.2, -0.15) is 0 Å². The third-order valence-corrected chi connectivity index (χ3v) is 6.70. The second kappa shape index (κ2) is 9.85. The van der Waals surface area contributed by atoms with Crippen molar-refractivity contribution in [2.45, 2.75) is 45.1 Å². The number of para-hydroxylation sites is 1. The molecule has 1 amide bonds. The van der Waals surface area contributed by atoms with E-state index in [1.807, 2.05) is 75.4 Å². The van der Waals surface area contributed by atoms with E-state index in [1.165, 1.54) is 11.3 Å². The third-order valence-electron chi connectivity index (χ3n) is 5.44. The van der Waals surface area contributed by atoms with Crippen LogP contribution in [0.3, 0.4) is 0 Å². The van der Waals surface area contributed by atoms with Gasteiger partial charge in [0.15, 0.2) is 5.69 Å². The molecule has 1 N–H and O–H groups in total. The minimum Gasteiger partial charge on any atom is -0.476 e. The number of aromatic carboxylic acids is 1. The molecule has 3 aromatic rings. The number of aromatic nitrogens is 1. The van der Waals surface area contributed by atoms with E-state index in [9.17, 15) is 14.7 Å². The monoisotopic (exact) mass is 480 g/mol. The van der Waals surface area contributed by atoms with Gasteiger partial charge in [-0.15, -0.1) is 11.3 Å². The van der Waals surface area contributed by atoms with Crippen molar-refractivity contribution in [2.24, 2.45) is 0 Å². The molecule has 0 spiro atoms.